The number of aromatic nitrogens is 2. The maximum atomic E-state index is 13.4. The van der Waals surface area contributed by atoms with E-state index in [-0.39, 0.29) is 18.6 Å². The van der Waals surface area contributed by atoms with Crippen LogP contribution in [0.1, 0.15) is 0 Å². The van der Waals surface area contributed by atoms with Crippen molar-refractivity contribution < 1.29 is 17.2 Å². The van der Waals surface area contributed by atoms with Gasteiger partial charge in [0.25, 0.3) is 5.56 Å². The first-order valence-corrected chi connectivity index (χ1v) is 7.35. The number of nitrogens with zero attached hydrogens (tertiary/aromatic N) is 2. The zero-order valence-electron chi connectivity index (χ0n) is 10.7. The van der Waals surface area contributed by atoms with E-state index in [0.29, 0.717) is 6.07 Å². The van der Waals surface area contributed by atoms with Gasteiger partial charge in [-0.15, -0.1) is 0 Å². The second-order valence-electron chi connectivity index (χ2n) is 4.06. The van der Waals surface area contributed by atoms with Gasteiger partial charge in [-0.05, 0) is 18.2 Å². The zero-order chi connectivity index (χ0) is 15.5. The maximum absolute atomic E-state index is 13.4. The highest BCUT2D eigenvalue weighted by molar-refractivity contribution is 7.89. The van der Waals surface area contributed by atoms with Gasteiger partial charge in [-0.25, -0.2) is 26.6 Å². The number of nitrogens with one attached hydrogen (secondary N) is 1. The lowest BCUT2D eigenvalue weighted by Crippen LogP contribution is -2.32. The van der Waals surface area contributed by atoms with E-state index < -0.39 is 26.6 Å². The van der Waals surface area contributed by atoms with E-state index in [4.69, 9.17) is 0 Å². The van der Waals surface area contributed by atoms with Crippen molar-refractivity contribution in [1.82, 2.24) is 14.5 Å². The summed E-state index contributed by atoms with van der Waals surface area (Å²) in [6.45, 7) is -0.169. The van der Waals surface area contributed by atoms with Gasteiger partial charge in [0, 0.05) is 24.9 Å². The van der Waals surface area contributed by atoms with Crippen LogP contribution in [0, 0.1) is 11.6 Å². The minimum Gasteiger partial charge on any atom is -0.268 e. The molecule has 0 aliphatic rings. The predicted molar refractivity (Wildman–Crippen MR) is 70.0 cm³/mol. The van der Waals surface area contributed by atoms with Gasteiger partial charge in [0.05, 0.1) is 6.54 Å². The van der Waals surface area contributed by atoms with Crippen LogP contribution in [0.15, 0.2) is 46.2 Å². The normalized spacial score (nSPS) is 11.5. The molecule has 0 amide bonds. The Morgan fingerprint density at radius 2 is 2.00 bits per heavy atom. The van der Waals surface area contributed by atoms with Gasteiger partial charge in [-0.1, -0.05) is 0 Å². The van der Waals surface area contributed by atoms with Crippen LogP contribution < -0.4 is 10.3 Å². The summed E-state index contributed by atoms with van der Waals surface area (Å²) in [4.78, 5) is 10.7. The molecular formula is C12H11F2N3O3S. The largest absolute Gasteiger partial charge is 0.268 e. The Bertz CT molecular complexity index is 805. The number of sulfonamides is 1. The quantitative estimate of drug-likeness (QED) is 0.871. The number of halogens is 2. The highest BCUT2D eigenvalue weighted by atomic mass is 32.2. The van der Waals surface area contributed by atoms with E-state index in [1.165, 1.54) is 18.3 Å². The smallest absolute Gasteiger partial charge is 0.266 e. The van der Waals surface area contributed by atoms with E-state index in [0.717, 1.165) is 16.8 Å². The van der Waals surface area contributed by atoms with Crippen LogP contribution in [0.2, 0.25) is 0 Å². The Labute approximate surface area is 119 Å². The summed E-state index contributed by atoms with van der Waals surface area (Å²) < 4.78 is 53.1. The molecule has 2 rings (SSSR count). The summed E-state index contributed by atoms with van der Waals surface area (Å²) in [6, 6.07) is 4.90. The van der Waals surface area contributed by atoms with E-state index in [9.17, 15) is 22.0 Å². The third kappa shape index (κ3) is 3.70. The summed E-state index contributed by atoms with van der Waals surface area (Å²) in [5.41, 5.74) is -0.385. The van der Waals surface area contributed by atoms with Crippen molar-refractivity contribution in [2.24, 2.45) is 0 Å². The van der Waals surface area contributed by atoms with Gasteiger partial charge in [-0.3, -0.25) is 4.79 Å². The fourth-order valence-electron chi connectivity index (χ4n) is 1.61. The Morgan fingerprint density at radius 3 is 2.67 bits per heavy atom. The standard InChI is InChI=1S/C12H11F2N3O3S/c13-9-3-4-11(10(14)8-9)21(19,20)16-6-7-17-12(18)2-1-5-15-17/h1-5,8,16H,6-7H2. The number of benzene rings is 1. The summed E-state index contributed by atoms with van der Waals surface area (Å²) in [6.07, 6.45) is 1.38. The summed E-state index contributed by atoms with van der Waals surface area (Å²) in [7, 11) is -4.13. The molecule has 0 atom stereocenters. The van der Waals surface area contributed by atoms with Crippen molar-refractivity contribution >= 4 is 10.0 Å². The minimum atomic E-state index is -4.13. The van der Waals surface area contributed by atoms with Crippen molar-refractivity contribution in [2.45, 2.75) is 11.4 Å². The third-order valence-electron chi connectivity index (χ3n) is 2.58. The molecular weight excluding hydrogens is 304 g/mol. The fourth-order valence-corrected chi connectivity index (χ4v) is 2.69. The van der Waals surface area contributed by atoms with E-state index in [2.05, 4.69) is 9.82 Å². The maximum Gasteiger partial charge on any atom is 0.266 e. The molecule has 6 nitrogen and oxygen atoms in total. The van der Waals surface area contributed by atoms with E-state index in [1.807, 2.05) is 0 Å². The van der Waals surface area contributed by atoms with Crippen LogP contribution in [0.5, 0.6) is 0 Å². The molecule has 9 heteroatoms. The summed E-state index contributed by atoms with van der Waals surface area (Å²) >= 11 is 0. The molecule has 0 spiro atoms. The van der Waals surface area contributed by atoms with Crippen LogP contribution in [0.4, 0.5) is 8.78 Å². The molecule has 1 heterocycles. The number of hydrogen-bond acceptors (Lipinski definition) is 4. The van der Waals surface area contributed by atoms with Crippen LogP contribution in [0.25, 0.3) is 0 Å². The Kier molecular flexibility index (Phi) is 4.43. The van der Waals surface area contributed by atoms with Gasteiger partial charge >= 0.3 is 0 Å². The highest BCUT2D eigenvalue weighted by Gasteiger charge is 2.19. The monoisotopic (exact) mass is 315 g/mol. The molecule has 21 heavy (non-hydrogen) atoms. The van der Waals surface area contributed by atoms with Crippen molar-refractivity contribution in [3.63, 3.8) is 0 Å². The Balaban J connectivity index is 2.08. The molecule has 112 valence electrons. The van der Waals surface area contributed by atoms with Crippen molar-refractivity contribution in [2.75, 3.05) is 6.54 Å². The molecule has 0 radical (unpaired) electrons. The topological polar surface area (TPSA) is 81.1 Å². The molecule has 1 aromatic heterocycles. The lowest BCUT2D eigenvalue weighted by atomic mass is 10.3. The molecule has 0 unspecified atom stereocenters. The van der Waals surface area contributed by atoms with Crippen LogP contribution >= 0.6 is 0 Å². The van der Waals surface area contributed by atoms with Crippen LogP contribution in [-0.2, 0) is 16.6 Å². The second kappa shape index (κ2) is 6.10. The fraction of sp³-hybridized carbons (Fsp3) is 0.167. The van der Waals surface area contributed by atoms with Crippen LogP contribution in [-0.4, -0.2) is 24.7 Å². The van der Waals surface area contributed by atoms with Crippen molar-refractivity contribution in [1.29, 1.82) is 0 Å². The molecule has 2 aromatic rings. The average molecular weight is 315 g/mol. The average Bonchev–Trinajstić information content (AvgIpc) is 2.40. The molecule has 1 N–H and O–H groups in total. The first kappa shape index (κ1) is 15.3. The molecule has 1 aromatic carbocycles. The molecule has 0 fully saturated rings. The molecule has 0 aliphatic carbocycles. The number of rotatable bonds is 5. The van der Waals surface area contributed by atoms with Gasteiger partial charge in [-0.2, -0.15) is 5.10 Å². The second-order valence-corrected chi connectivity index (χ2v) is 5.79. The van der Waals surface area contributed by atoms with Crippen LogP contribution in [0.3, 0.4) is 0 Å². The third-order valence-corrected chi connectivity index (χ3v) is 4.08. The SMILES string of the molecule is O=c1cccnn1CCNS(=O)(=O)c1ccc(F)cc1F. The Morgan fingerprint density at radius 1 is 1.24 bits per heavy atom. The molecule has 0 saturated heterocycles. The lowest BCUT2D eigenvalue weighted by Gasteiger charge is -2.08. The summed E-state index contributed by atoms with van der Waals surface area (Å²) in [5.74, 6) is -2.05. The Hall–Kier alpha value is -2.13. The summed E-state index contributed by atoms with van der Waals surface area (Å²) in [5, 5.41) is 3.75. The molecule has 0 aliphatic heterocycles. The van der Waals surface area contributed by atoms with Gasteiger partial charge in [0.1, 0.15) is 16.5 Å². The minimum absolute atomic E-state index is 0.0122. The first-order valence-electron chi connectivity index (χ1n) is 5.87. The van der Waals surface area contributed by atoms with E-state index in [1.54, 1.807) is 0 Å². The molecule has 0 bridgehead atoms. The van der Waals surface area contributed by atoms with Gasteiger partial charge in [0.2, 0.25) is 10.0 Å². The van der Waals surface area contributed by atoms with Gasteiger partial charge < -0.3 is 0 Å². The van der Waals surface area contributed by atoms with Crippen molar-refractivity contribution in [3.8, 4) is 0 Å². The zero-order valence-corrected chi connectivity index (χ0v) is 11.5. The van der Waals surface area contributed by atoms with Gasteiger partial charge in [0.15, 0.2) is 0 Å². The van der Waals surface area contributed by atoms with Crippen molar-refractivity contribution in [3.05, 3.63) is 58.5 Å². The predicted octanol–water partition coefficient (Wildman–Crippen LogP) is 0.500. The lowest BCUT2D eigenvalue weighted by molar-refractivity contribution is 0.531. The highest BCUT2D eigenvalue weighted by Crippen LogP contribution is 2.14. The molecule has 0 saturated carbocycles. The van der Waals surface area contributed by atoms with E-state index >= 15 is 0 Å². The first-order chi connectivity index (χ1) is 9.90. The number of hydrogen-bond donors (Lipinski definition) is 1.